The second-order valence-electron chi connectivity index (χ2n) is 46.8. The van der Waals surface area contributed by atoms with E-state index in [2.05, 4.69) is 361 Å². The van der Waals surface area contributed by atoms with E-state index in [-0.39, 0.29) is 86.2 Å². The highest BCUT2D eigenvalue weighted by Gasteiger charge is 2.46. The topological polar surface area (TPSA) is 16.3 Å². The van der Waals surface area contributed by atoms with Crippen LogP contribution in [0.3, 0.4) is 0 Å². The molecule has 0 saturated heterocycles. The highest BCUT2D eigenvalue weighted by atomic mass is 15.2. The summed E-state index contributed by atoms with van der Waals surface area (Å²) in [5.41, 5.74) is 22.4. The number of anilines is 6. The molecule has 4 heterocycles. The van der Waals surface area contributed by atoms with Crippen molar-refractivity contribution in [2.45, 2.75) is 243 Å². The lowest BCUT2D eigenvalue weighted by Crippen LogP contribution is -2.61. The molecule has 0 fully saturated rings. The summed E-state index contributed by atoms with van der Waals surface area (Å²) in [7, 11) is 0. The summed E-state index contributed by atoms with van der Waals surface area (Å²) < 4.78 is 126. The van der Waals surface area contributed by atoms with Gasteiger partial charge in [-0.3, -0.25) is 0 Å². The quantitative estimate of drug-likeness (QED) is 0.0951. The highest BCUT2D eigenvalue weighted by Crippen LogP contribution is 2.54. The van der Waals surface area contributed by atoms with E-state index >= 15 is 0 Å². The SMILES string of the molecule is [2H]c1c([2H])c([2H])c2c(c1[2H])c1cc(C(C)(C)C)ccc1n2-c1ccc2c(c1)N(c1cc(-c3cccc(CC(C)(C)C)c3)c(C([2H])([2H])C(C)(C)C)cc1-c1cccc(CC(C)(C)C)c1)c1cc(CC(C)(C)C)cc3c1B2c1ccc(-n2c4ccc(C(C)(C)C)cc4c4c([2H])c([2H])c([2H])c([2H])c42)cc1N3c1cc(-c2cccc(CC(C)(C)C)c2)c(C([2H])([2H])C(C)(C)C)cc1-c1cccc(CC(C)(C)C)c1. The molecule has 2 aliphatic rings. The average molecular weight is 1670 g/mol. The Hall–Kier alpha value is -10.9. The van der Waals surface area contributed by atoms with Crippen molar-refractivity contribution in [3.63, 3.8) is 0 Å². The van der Waals surface area contributed by atoms with Gasteiger partial charge in [-0.05, 0) is 290 Å². The Morgan fingerprint density at radius 2 is 0.595 bits per heavy atom. The van der Waals surface area contributed by atoms with E-state index in [9.17, 15) is 16.4 Å². The minimum atomic E-state index is -1.97. The molecule has 2 aromatic heterocycles. The van der Waals surface area contributed by atoms with E-state index in [0.29, 0.717) is 72.5 Å². The molecule has 2 aliphatic heterocycles. The lowest BCUT2D eigenvalue weighted by atomic mass is 9.33. The Morgan fingerprint density at radius 3 is 0.921 bits per heavy atom. The predicted octanol–water partition coefficient (Wildman–Crippen LogP) is 32.3. The van der Waals surface area contributed by atoms with E-state index in [1.807, 2.05) is 50.7 Å². The number of benzene rings is 13. The minimum absolute atomic E-state index is 0.109. The molecule has 4 nitrogen and oxygen atoms in total. The van der Waals surface area contributed by atoms with Crippen LogP contribution in [-0.4, -0.2) is 15.8 Å². The van der Waals surface area contributed by atoms with Crippen LogP contribution in [0.5, 0.6) is 0 Å². The van der Waals surface area contributed by atoms with Crippen molar-refractivity contribution in [3.05, 3.63) is 305 Å². The molecule has 0 amide bonds. The third-order valence-electron chi connectivity index (χ3n) is 24.5. The average Bonchev–Trinajstić information content (AvgIpc) is 0.808. The van der Waals surface area contributed by atoms with Gasteiger partial charge in [0.15, 0.2) is 0 Å². The molecule has 0 atom stereocenters. The van der Waals surface area contributed by atoms with Gasteiger partial charge >= 0.3 is 0 Å². The third-order valence-corrected chi connectivity index (χ3v) is 24.5. The molecule has 0 unspecified atom stereocenters. The molecule has 126 heavy (non-hydrogen) atoms. The first-order valence-electron chi connectivity index (χ1n) is 51.8. The van der Waals surface area contributed by atoms with Crippen LogP contribution in [0.25, 0.3) is 99.5 Å². The fourth-order valence-corrected chi connectivity index (χ4v) is 19.8. The number of nitrogens with zero attached hydrogens (tertiary/aromatic N) is 4. The van der Waals surface area contributed by atoms with E-state index in [0.717, 1.165) is 160 Å². The highest BCUT2D eigenvalue weighted by molar-refractivity contribution is 7.00. The van der Waals surface area contributed by atoms with Crippen molar-refractivity contribution in [2.24, 2.45) is 37.9 Å². The predicted molar refractivity (Wildman–Crippen MR) is 550 cm³/mol. The number of hydrogen-bond acceptors (Lipinski definition) is 2. The fourth-order valence-electron chi connectivity index (χ4n) is 19.8. The largest absolute Gasteiger partial charge is 0.311 e. The Balaban J connectivity index is 1.12. The molecule has 0 bridgehead atoms. The monoisotopic (exact) mass is 1670 g/mol. The van der Waals surface area contributed by atoms with Crippen molar-refractivity contribution >= 4 is 101 Å². The summed E-state index contributed by atoms with van der Waals surface area (Å²) in [5.74, 6) is 0. The molecule has 15 aromatic rings. The first kappa shape index (κ1) is 73.2. The summed E-state index contributed by atoms with van der Waals surface area (Å²) in [6.45, 7) is 58.2. The minimum Gasteiger partial charge on any atom is -0.311 e. The van der Waals surface area contributed by atoms with Crippen LogP contribution >= 0.6 is 0 Å². The van der Waals surface area contributed by atoms with Gasteiger partial charge in [0.2, 0.25) is 0 Å². The first-order chi connectivity index (χ1) is 63.9. The van der Waals surface area contributed by atoms with E-state index in [1.165, 1.54) is 0 Å². The van der Waals surface area contributed by atoms with E-state index < -0.39 is 30.3 Å². The summed E-state index contributed by atoms with van der Waals surface area (Å²) >= 11 is 0. The van der Waals surface area contributed by atoms with Crippen molar-refractivity contribution in [3.8, 4) is 55.9 Å². The number of fused-ring (bicyclic) bond motifs is 10. The molecule has 644 valence electrons. The van der Waals surface area contributed by atoms with Gasteiger partial charge in [-0.15, -0.1) is 0 Å². The maximum Gasteiger partial charge on any atom is 0.252 e. The van der Waals surface area contributed by atoms with Gasteiger partial charge in [0, 0.05) is 72.3 Å². The van der Waals surface area contributed by atoms with Gasteiger partial charge < -0.3 is 18.9 Å². The lowest BCUT2D eigenvalue weighted by Gasteiger charge is -2.46. The van der Waals surface area contributed by atoms with Gasteiger partial charge in [-0.1, -0.05) is 345 Å². The van der Waals surface area contributed by atoms with Crippen molar-refractivity contribution < 1.29 is 16.4 Å². The number of rotatable bonds is 15. The Morgan fingerprint density at radius 1 is 0.270 bits per heavy atom. The number of hydrogen-bond donors (Lipinski definition) is 0. The second-order valence-corrected chi connectivity index (χ2v) is 46.8. The van der Waals surface area contributed by atoms with Crippen molar-refractivity contribution in [2.75, 3.05) is 9.80 Å². The molecule has 17 rings (SSSR count). The van der Waals surface area contributed by atoms with Crippen LogP contribution in [0.4, 0.5) is 34.1 Å². The van der Waals surface area contributed by atoms with E-state index in [1.54, 1.807) is 0 Å². The van der Waals surface area contributed by atoms with Gasteiger partial charge in [0.05, 0.1) is 44.4 Å². The van der Waals surface area contributed by atoms with Gasteiger partial charge in [-0.2, -0.15) is 0 Å². The van der Waals surface area contributed by atoms with Gasteiger partial charge in [0.25, 0.3) is 6.71 Å². The molecular formula is C121H137BN4. The van der Waals surface area contributed by atoms with Crippen LogP contribution in [0, 0.1) is 37.9 Å². The summed E-state index contributed by atoms with van der Waals surface area (Å²) in [4.78, 5) is 4.93. The molecule has 13 aromatic carbocycles. The molecule has 0 N–H and O–H groups in total. The first-order valence-corrected chi connectivity index (χ1v) is 45.8. The molecule has 0 spiro atoms. The maximum absolute atomic E-state index is 10.9. The van der Waals surface area contributed by atoms with Gasteiger partial charge in [0.1, 0.15) is 0 Å². The Kier molecular flexibility index (Phi) is 18.3. The molecular weight excluding hydrogens is 1520 g/mol. The fraction of sp³-hybridized carbons (Fsp3) is 0.355. The standard InChI is InChI=1S/C121H137BN4/c1-113(2,3)70-77-36-32-40-82(56-77)94-68-106(96(62-86(94)75-118(16,17)18)84-42-34-38-79(58-84)72-115(7,8)9)125-108-66-90(123-102-46-30-28-44-92(102)98-64-88(120(22,23)24)48-54-104(98)123)50-52-100(108)122-101-53-51-91(124-103-47-31-29-45-93(103)99-65-89(121(25,26)27)49-55-105(99)124)67-109(101)126(111-61-81(74-117(13,14)15)60-110(125)112(111)122)107-69-95(83-41-33-37-78(57-83)71-114(4,5)6)87(76-119(19,20)21)63-97(107)85-43-35-39-80(59-85)73-116(10,11)12/h28-69H,70-76H2,1-27H3/i28D,29D,30D,31D,44D,45D,46D,47D,75D2,76D2. The zero-order valence-corrected chi connectivity index (χ0v) is 80.0. The van der Waals surface area contributed by atoms with Crippen LogP contribution in [0.1, 0.15) is 253 Å². The summed E-state index contributed by atoms with van der Waals surface area (Å²) in [5, 5.41) is 2.20. The Labute approximate surface area is 772 Å². The van der Waals surface area contributed by atoms with Crippen molar-refractivity contribution in [1.29, 1.82) is 0 Å². The molecule has 5 heteroatoms. The molecule has 0 radical (unpaired) electrons. The molecule has 0 saturated carbocycles. The third kappa shape index (κ3) is 17.9. The molecule has 0 aliphatic carbocycles. The normalized spacial score (nSPS) is 15.3. The van der Waals surface area contributed by atoms with Crippen LogP contribution in [0.2, 0.25) is 0 Å². The number of aromatic nitrogens is 2. The second kappa shape index (κ2) is 31.6. The van der Waals surface area contributed by atoms with Crippen molar-refractivity contribution in [1.82, 2.24) is 9.13 Å². The Bertz CT molecular complexity index is 7050. The summed E-state index contributed by atoms with van der Waals surface area (Å²) in [6.07, 6.45) is -0.376. The van der Waals surface area contributed by atoms with Gasteiger partial charge in [-0.25, -0.2) is 0 Å². The van der Waals surface area contributed by atoms with Crippen LogP contribution < -0.4 is 26.2 Å². The zero-order chi connectivity index (χ0) is 100. The van der Waals surface area contributed by atoms with E-state index in [4.69, 9.17) is 0 Å². The lowest BCUT2D eigenvalue weighted by molar-refractivity contribution is 0.410. The zero-order valence-electron chi connectivity index (χ0n) is 92.0. The van der Waals surface area contributed by atoms with Crippen LogP contribution in [0.15, 0.2) is 255 Å². The maximum atomic E-state index is 10.9. The number of para-hydroxylation sites is 2. The summed E-state index contributed by atoms with van der Waals surface area (Å²) in [6, 6.07) is 72.6. The van der Waals surface area contributed by atoms with Crippen LogP contribution in [-0.2, 0) is 55.7 Å². The smallest absolute Gasteiger partial charge is 0.252 e.